The minimum Gasteiger partial charge on any atom is -0.337 e. The van der Waals surface area contributed by atoms with Gasteiger partial charge in [0.25, 0.3) is 0 Å². The van der Waals surface area contributed by atoms with E-state index >= 15 is 0 Å². The number of rotatable bonds is 8. The number of nitrogens with zero attached hydrogens (tertiary/aromatic N) is 5. The summed E-state index contributed by atoms with van der Waals surface area (Å²) in [7, 11) is 0. The Balaban J connectivity index is 2.22. The molecule has 0 aliphatic carbocycles. The van der Waals surface area contributed by atoms with Crippen molar-refractivity contribution < 1.29 is 4.79 Å². The largest absolute Gasteiger partial charge is 0.337 e. The zero-order chi connectivity index (χ0) is 20.0. The fraction of sp³-hybridized carbons (Fsp3) is 0.421. The number of nitrogens with one attached hydrogen (secondary N) is 1. The second-order valence-corrected chi connectivity index (χ2v) is 7.97. The SMILES string of the molecule is C=CCn1c(S[C@H](C)C(=O)N[C@](C)(C#N)C(C)C)nnc1-c1ccncc1. The first-order valence-corrected chi connectivity index (χ1v) is 9.54. The molecule has 0 aliphatic rings. The Morgan fingerprint density at radius 1 is 1.41 bits per heavy atom. The summed E-state index contributed by atoms with van der Waals surface area (Å²) in [5.74, 6) is 0.471. The second-order valence-electron chi connectivity index (χ2n) is 6.66. The van der Waals surface area contributed by atoms with Crippen molar-refractivity contribution in [2.45, 2.75) is 50.2 Å². The highest BCUT2D eigenvalue weighted by Gasteiger charge is 2.32. The van der Waals surface area contributed by atoms with Crippen LogP contribution in [0.15, 0.2) is 42.3 Å². The first-order chi connectivity index (χ1) is 12.8. The molecule has 27 heavy (non-hydrogen) atoms. The van der Waals surface area contributed by atoms with Gasteiger partial charge in [0.2, 0.25) is 5.91 Å². The molecule has 2 aromatic rings. The first kappa shape index (κ1) is 20.6. The molecule has 0 saturated heterocycles. The smallest absolute Gasteiger partial charge is 0.234 e. The summed E-state index contributed by atoms with van der Waals surface area (Å²) in [6, 6.07) is 5.90. The van der Waals surface area contributed by atoms with Crippen molar-refractivity contribution >= 4 is 17.7 Å². The van der Waals surface area contributed by atoms with Gasteiger partial charge in [-0.2, -0.15) is 5.26 Å². The predicted molar refractivity (Wildman–Crippen MR) is 106 cm³/mol. The first-order valence-electron chi connectivity index (χ1n) is 8.66. The number of pyridine rings is 1. The van der Waals surface area contributed by atoms with Crippen LogP contribution in [0, 0.1) is 17.2 Å². The normalized spacial score (nSPS) is 14.2. The van der Waals surface area contributed by atoms with Crippen LogP contribution < -0.4 is 5.32 Å². The van der Waals surface area contributed by atoms with Crippen LogP contribution in [-0.2, 0) is 11.3 Å². The molecule has 2 heterocycles. The average molecular weight is 385 g/mol. The van der Waals surface area contributed by atoms with Crippen molar-refractivity contribution in [1.29, 1.82) is 5.26 Å². The van der Waals surface area contributed by atoms with E-state index in [-0.39, 0.29) is 11.8 Å². The van der Waals surface area contributed by atoms with Gasteiger partial charge in [-0.15, -0.1) is 16.8 Å². The molecular formula is C19H24N6OS. The van der Waals surface area contributed by atoms with Crippen LogP contribution in [0.2, 0.25) is 0 Å². The number of nitriles is 1. The van der Waals surface area contributed by atoms with E-state index in [1.807, 2.05) is 30.5 Å². The Labute approximate surface area is 163 Å². The molecule has 0 fully saturated rings. The van der Waals surface area contributed by atoms with Gasteiger partial charge in [-0.25, -0.2) is 0 Å². The summed E-state index contributed by atoms with van der Waals surface area (Å²) in [6.07, 6.45) is 5.15. The molecule has 8 heteroatoms. The third-order valence-corrected chi connectivity index (χ3v) is 5.47. The van der Waals surface area contributed by atoms with E-state index in [0.29, 0.717) is 17.5 Å². The van der Waals surface area contributed by atoms with Gasteiger partial charge in [0.05, 0.1) is 11.3 Å². The van der Waals surface area contributed by atoms with Crippen molar-refractivity contribution in [2.24, 2.45) is 5.92 Å². The van der Waals surface area contributed by atoms with E-state index in [4.69, 9.17) is 0 Å². The third-order valence-electron chi connectivity index (χ3n) is 4.39. The van der Waals surface area contributed by atoms with Gasteiger partial charge in [-0.05, 0) is 31.9 Å². The summed E-state index contributed by atoms with van der Waals surface area (Å²) in [5.41, 5.74) is -0.0248. The van der Waals surface area contributed by atoms with Gasteiger partial charge in [-0.3, -0.25) is 14.3 Å². The quantitative estimate of drug-likeness (QED) is 0.555. The Morgan fingerprint density at radius 2 is 2.07 bits per heavy atom. The van der Waals surface area contributed by atoms with Crippen LogP contribution in [0.1, 0.15) is 27.7 Å². The van der Waals surface area contributed by atoms with Gasteiger partial charge in [0.15, 0.2) is 11.0 Å². The van der Waals surface area contributed by atoms with E-state index < -0.39 is 10.8 Å². The van der Waals surface area contributed by atoms with Crippen molar-refractivity contribution in [3.63, 3.8) is 0 Å². The molecule has 0 saturated carbocycles. The summed E-state index contributed by atoms with van der Waals surface area (Å²) < 4.78 is 1.91. The van der Waals surface area contributed by atoms with Crippen molar-refractivity contribution in [3.05, 3.63) is 37.2 Å². The van der Waals surface area contributed by atoms with Crippen molar-refractivity contribution in [3.8, 4) is 17.5 Å². The molecule has 2 atom stereocenters. The highest BCUT2D eigenvalue weighted by molar-refractivity contribution is 8.00. The Morgan fingerprint density at radius 3 is 2.63 bits per heavy atom. The molecule has 0 spiro atoms. The minimum absolute atomic E-state index is 0.00800. The van der Waals surface area contributed by atoms with Crippen LogP contribution in [-0.4, -0.2) is 36.4 Å². The summed E-state index contributed by atoms with van der Waals surface area (Å²) in [5, 5.41) is 21.0. The minimum atomic E-state index is -0.914. The lowest BCUT2D eigenvalue weighted by molar-refractivity contribution is -0.121. The predicted octanol–water partition coefficient (Wildman–Crippen LogP) is 3.06. The summed E-state index contributed by atoms with van der Waals surface area (Å²) >= 11 is 1.30. The van der Waals surface area contributed by atoms with Gasteiger partial charge in [0, 0.05) is 24.5 Å². The van der Waals surface area contributed by atoms with Crippen LogP contribution in [0.4, 0.5) is 0 Å². The highest BCUT2D eigenvalue weighted by atomic mass is 32.2. The maximum atomic E-state index is 12.6. The second kappa shape index (κ2) is 8.82. The van der Waals surface area contributed by atoms with Crippen LogP contribution in [0.25, 0.3) is 11.4 Å². The number of carbonyl (C=O) groups is 1. The number of hydrogen-bond donors (Lipinski definition) is 1. The molecule has 0 bridgehead atoms. The topological polar surface area (TPSA) is 96.5 Å². The van der Waals surface area contributed by atoms with Crippen LogP contribution in [0.5, 0.6) is 0 Å². The molecular weight excluding hydrogens is 360 g/mol. The van der Waals surface area contributed by atoms with Crippen molar-refractivity contribution in [1.82, 2.24) is 25.1 Å². The number of carbonyl (C=O) groups excluding carboxylic acids is 1. The third kappa shape index (κ3) is 4.74. The maximum Gasteiger partial charge on any atom is 0.234 e. The van der Waals surface area contributed by atoms with E-state index in [1.165, 1.54) is 11.8 Å². The maximum absolute atomic E-state index is 12.6. The van der Waals surface area contributed by atoms with Gasteiger partial charge in [0.1, 0.15) is 5.54 Å². The lowest BCUT2D eigenvalue weighted by Crippen LogP contribution is -2.51. The lowest BCUT2D eigenvalue weighted by atomic mass is 9.90. The molecule has 0 radical (unpaired) electrons. The Bertz CT molecular complexity index is 842. The molecule has 1 amide bonds. The monoisotopic (exact) mass is 384 g/mol. The average Bonchev–Trinajstić information content (AvgIpc) is 3.04. The van der Waals surface area contributed by atoms with Gasteiger partial charge < -0.3 is 5.32 Å². The van der Waals surface area contributed by atoms with Gasteiger partial charge in [-0.1, -0.05) is 31.7 Å². The van der Waals surface area contributed by atoms with Crippen LogP contribution >= 0.6 is 11.8 Å². The molecule has 0 aromatic carbocycles. The lowest BCUT2D eigenvalue weighted by Gasteiger charge is -2.28. The highest BCUT2D eigenvalue weighted by Crippen LogP contribution is 2.27. The standard InChI is InChI=1S/C19H24N6OS/c1-6-11-25-16(15-7-9-21-10-8-15)23-24-18(25)27-14(4)17(26)22-19(5,12-20)13(2)3/h6-10,13-14H,1,11H2,2-5H3,(H,22,26)/t14-,19-/m1/s1. The summed E-state index contributed by atoms with van der Waals surface area (Å²) in [4.78, 5) is 16.6. The van der Waals surface area contributed by atoms with E-state index in [2.05, 4.69) is 33.1 Å². The Hall–Kier alpha value is -2.66. The Kier molecular flexibility index (Phi) is 6.75. The van der Waals surface area contributed by atoms with Crippen LogP contribution in [0.3, 0.4) is 0 Å². The number of thioether (sulfide) groups is 1. The number of aromatic nitrogens is 4. The molecule has 2 rings (SSSR count). The molecule has 7 nitrogen and oxygen atoms in total. The zero-order valence-electron chi connectivity index (χ0n) is 16.0. The zero-order valence-corrected chi connectivity index (χ0v) is 16.8. The fourth-order valence-electron chi connectivity index (χ4n) is 2.25. The molecule has 1 N–H and O–H groups in total. The number of hydrogen-bond acceptors (Lipinski definition) is 6. The van der Waals surface area contributed by atoms with Crippen molar-refractivity contribution in [2.75, 3.05) is 0 Å². The fourth-order valence-corrected chi connectivity index (χ4v) is 3.11. The molecule has 0 aliphatic heterocycles. The molecule has 2 aromatic heterocycles. The number of allylic oxidation sites excluding steroid dienone is 1. The van der Waals surface area contributed by atoms with Gasteiger partial charge >= 0.3 is 0 Å². The van der Waals surface area contributed by atoms with E-state index in [1.54, 1.807) is 32.3 Å². The molecule has 0 unspecified atom stereocenters. The molecule has 142 valence electrons. The summed E-state index contributed by atoms with van der Waals surface area (Å²) in [6.45, 7) is 11.6. The van der Waals surface area contributed by atoms with E-state index in [9.17, 15) is 10.1 Å². The van der Waals surface area contributed by atoms with E-state index in [0.717, 1.165) is 5.56 Å². The number of amides is 1.